The average Bonchev–Trinajstić information content (AvgIpc) is 2.72. The molecular weight excluding hydrogens is 416 g/mol. The number of hydrogen-bond donors (Lipinski definition) is 0. The van der Waals surface area contributed by atoms with Gasteiger partial charge in [-0.3, -0.25) is 4.79 Å². The molecule has 0 bridgehead atoms. The Hall–Kier alpha value is -0.790. The van der Waals surface area contributed by atoms with Gasteiger partial charge in [-0.2, -0.15) is 0 Å². The molecule has 0 saturated heterocycles. The lowest BCUT2D eigenvalue weighted by Crippen LogP contribution is -2.64. The van der Waals surface area contributed by atoms with Crippen LogP contribution >= 0.6 is 0 Å². The van der Waals surface area contributed by atoms with Gasteiger partial charge in [0, 0.05) is 12.3 Å². The Labute approximate surface area is 210 Å². The van der Waals surface area contributed by atoms with Crippen LogP contribution in [0.3, 0.4) is 0 Å². The second-order valence-corrected chi connectivity index (χ2v) is 15.8. The molecule has 0 amide bonds. The smallest absolute Gasteiger partial charge is 0.302 e. The Morgan fingerprint density at radius 1 is 0.853 bits per heavy atom. The van der Waals surface area contributed by atoms with Crippen molar-refractivity contribution in [1.29, 1.82) is 0 Å². The number of rotatable bonds is 1. The third-order valence-electron chi connectivity index (χ3n) is 13.3. The van der Waals surface area contributed by atoms with E-state index >= 15 is 0 Å². The van der Waals surface area contributed by atoms with Crippen LogP contribution in [0.5, 0.6) is 0 Å². The second kappa shape index (κ2) is 7.38. The Morgan fingerprint density at radius 3 is 2.21 bits per heavy atom. The number of hydrogen-bond acceptors (Lipinski definition) is 2. The van der Waals surface area contributed by atoms with E-state index in [1.54, 1.807) is 6.92 Å². The molecule has 5 rings (SSSR count). The number of esters is 1. The van der Waals surface area contributed by atoms with E-state index < -0.39 is 0 Å². The molecular formula is C32H52O2. The molecule has 0 N–H and O–H groups in total. The van der Waals surface area contributed by atoms with Crippen molar-refractivity contribution in [3.05, 3.63) is 11.6 Å². The van der Waals surface area contributed by atoms with Crippen molar-refractivity contribution in [2.45, 2.75) is 133 Å². The van der Waals surface area contributed by atoms with Crippen molar-refractivity contribution in [3.63, 3.8) is 0 Å². The standard InChI is InChI=1S/C32H52O2/c1-21(33)34-26-13-14-30(7)24(28(26,4)5)12-15-32(9)25(30)11-10-22-23-20-27(2,3)16-17-29(23,6)18-19-31(22,32)8/h10,23-26H,11-20H2,1-9H3/t23-,24+,25-,26+,29-,30+,31-,32-/m1/s1. The fourth-order valence-electron chi connectivity index (χ4n) is 10.9. The van der Waals surface area contributed by atoms with E-state index in [4.69, 9.17) is 4.74 Å². The maximum Gasteiger partial charge on any atom is 0.302 e. The molecule has 5 aliphatic rings. The van der Waals surface area contributed by atoms with E-state index in [0.717, 1.165) is 18.3 Å². The highest BCUT2D eigenvalue weighted by atomic mass is 16.5. The zero-order chi connectivity index (χ0) is 24.9. The Bertz CT molecular complexity index is 897. The normalized spacial score (nSPS) is 51.1. The van der Waals surface area contributed by atoms with E-state index in [9.17, 15) is 4.79 Å². The highest BCUT2D eigenvalue weighted by molar-refractivity contribution is 5.66. The van der Waals surface area contributed by atoms with Gasteiger partial charge in [-0.25, -0.2) is 0 Å². The van der Waals surface area contributed by atoms with Gasteiger partial charge < -0.3 is 4.74 Å². The van der Waals surface area contributed by atoms with Gasteiger partial charge in [0.25, 0.3) is 0 Å². The van der Waals surface area contributed by atoms with Crippen molar-refractivity contribution in [2.24, 2.45) is 50.2 Å². The first kappa shape index (κ1) is 24.9. The fourth-order valence-corrected chi connectivity index (χ4v) is 10.9. The van der Waals surface area contributed by atoms with Crippen LogP contribution in [0.2, 0.25) is 0 Å². The van der Waals surface area contributed by atoms with Gasteiger partial charge >= 0.3 is 5.97 Å². The molecule has 4 fully saturated rings. The molecule has 192 valence electrons. The number of carbonyl (C=O) groups is 1. The van der Waals surface area contributed by atoms with Gasteiger partial charge in [0.15, 0.2) is 0 Å². The number of fused-ring (bicyclic) bond motifs is 7. The summed E-state index contributed by atoms with van der Waals surface area (Å²) in [6.45, 7) is 22.0. The lowest BCUT2D eigenvalue weighted by atomic mass is 9.33. The summed E-state index contributed by atoms with van der Waals surface area (Å²) < 4.78 is 5.91. The van der Waals surface area contributed by atoms with Gasteiger partial charge in [-0.1, -0.05) is 67.0 Å². The average molecular weight is 469 g/mol. The maximum atomic E-state index is 11.9. The summed E-state index contributed by atoms with van der Waals surface area (Å²) in [7, 11) is 0. The van der Waals surface area contributed by atoms with Crippen LogP contribution in [-0.4, -0.2) is 12.1 Å². The van der Waals surface area contributed by atoms with E-state index in [1.165, 1.54) is 57.8 Å². The molecule has 0 radical (unpaired) electrons. The quantitative estimate of drug-likeness (QED) is 0.284. The minimum absolute atomic E-state index is 0.0451. The number of carbonyl (C=O) groups excluding carboxylic acids is 1. The molecule has 0 aromatic carbocycles. The highest BCUT2D eigenvalue weighted by Crippen LogP contribution is 2.75. The molecule has 2 heteroatoms. The second-order valence-electron chi connectivity index (χ2n) is 15.8. The van der Waals surface area contributed by atoms with Gasteiger partial charge in [-0.05, 0) is 109 Å². The van der Waals surface area contributed by atoms with Crippen LogP contribution in [-0.2, 0) is 9.53 Å². The van der Waals surface area contributed by atoms with Crippen LogP contribution in [0, 0.1) is 50.2 Å². The molecule has 2 nitrogen and oxygen atoms in total. The van der Waals surface area contributed by atoms with Gasteiger partial charge in [0.1, 0.15) is 6.10 Å². The Morgan fingerprint density at radius 2 is 1.53 bits per heavy atom. The maximum absolute atomic E-state index is 11.9. The van der Waals surface area contributed by atoms with Crippen molar-refractivity contribution < 1.29 is 9.53 Å². The van der Waals surface area contributed by atoms with Crippen LogP contribution in [0.4, 0.5) is 0 Å². The zero-order valence-electron chi connectivity index (χ0n) is 23.8. The first-order chi connectivity index (χ1) is 15.6. The molecule has 0 aromatic heterocycles. The topological polar surface area (TPSA) is 26.3 Å². The predicted molar refractivity (Wildman–Crippen MR) is 140 cm³/mol. The molecule has 0 spiro atoms. The third-order valence-corrected chi connectivity index (χ3v) is 13.3. The van der Waals surface area contributed by atoms with Crippen molar-refractivity contribution in [1.82, 2.24) is 0 Å². The molecule has 5 aliphatic carbocycles. The van der Waals surface area contributed by atoms with Crippen LogP contribution in [0.1, 0.15) is 127 Å². The largest absolute Gasteiger partial charge is 0.462 e. The summed E-state index contributed by atoms with van der Waals surface area (Å²) in [6.07, 6.45) is 15.9. The SMILES string of the molecule is CC(=O)O[C@H]1CC[C@]2(C)[C@H]3CC=C4[C@H]5CC(C)(C)CC[C@]5(C)CC[C@@]4(C)[C@]3(C)CC[C@H]2C1(C)C. The first-order valence-corrected chi connectivity index (χ1v) is 14.5. The van der Waals surface area contributed by atoms with Gasteiger partial charge in [0.2, 0.25) is 0 Å². The van der Waals surface area contributed by atoms with Gasteiger partial charge in [-0.15, -0.1) is 0 Å². The van der Waals surface area contributed by atoms with E-state index in [-0.39, 0.29) is 17.5 Å². The molecule has 0 unspecified atom stereocenters. The molecule has 8 atom stereocenters. The van der Waals surface area contributed by atoms with Crippen molar-refractivity contribution in [3.8, 4) is 0 Å². The summed E-state index contributed by atoms with van der Waals surface area (Å²) in [5.41, 5.74) is 3.92. The lowest BCUT2D eigenvalue weighted by Gasteiger charge is -2.71. The highest BCUT2D eigenvalue weighted by Gasteiger charge is 2.68. The van der Waals surface area contributed by atoms with Crippen molar-refractivity contribution in [2.75, 3.05) is 0 Å². The molecule has 0 heterocycles. The summed E-state index contributed by atoms with van der Waals surface area (Å²) in [5.74, 6) is 2.01. The number of allylic oxidation sites excluding steroid dienone is 2. The zero-order valence-corrected chi connectivity index (χ0v) is 23.8. The lowest BCUT2D eigenvalue weighted by molar-refractivity contribution is -0.211. The van der Waals surface area contributed by atoms with E-state index in [2.05, 4.69) is 61.5 Å². The van der Waals surface area contributed by atoms with Gasteiger partial charge in [0.05, 0.1) is 0 Å². The summed E-state index contributed by atoms with van der Waals surface area (Å²) in [5, 5.41) is 0. The molecule has 34 heavy (non-hydrogen) atoms. The fraction of sp³-hybridized carbons (Fsp3) is 0.906. The van der Waals surface area contributed by atoms with E-state index in [1.807, 2.05) is 5.57 Å². The Balaban J connectivity index is 1.53. The molecule has 4 saturated carbocycles. The number of ether oxygens (including phenoxy) is 1. The first-order valence-electron chi connectivity index (χ1n) is 14.5. The molecule has 0 aliphatic heterocycles. The van der Waals surface area contributed by atoms with Crippen LogP contribution < -0.4 is 0 Å². The van der Waals surface area contributed by atoms with Crippen LogP contribution in [0.15, 0.2) is 11.6 Å². The summed E-state index contributed by atoms with van der Waals surface area (Å²) in [4.78, 5) is 11.9. The Kier molecular flexibility index (Phi) is 5.40. The predicted octanol–water partition coefficient (Wildman–Crippen LogP) is 8.74. The monoisotopic (exact) mass is 468 g/mol. The summed E-state index contributed by atoms with van der Waals surface area (Å²) in [6, 6.07) is 0. The van der Waals surface area contributed by atoms with E-state index in [0.29, 0.717) is 33.0 Å². The third kappa shape index (κ3) is 3.21. The summed E-state index contributed by atoms with van der Waals surface area (Å²) >= 11 is 0. The minimum atomic E-state index is -0.110. The van der Waals surface area contributed by atoms with Crippen molar-refractivity contribution >= 4 is 5.97 Å². The molecule has 0 aromatic rings. The minimum Gasteiger partial charge on any atom is -0.462 e. The van der Waals surface area contributed by atoms with Crippen LogP contribution in [0.25, 0.3) is 0 Å².